The zero-order valence-corrected chi connectivity index (χ0v) is 11.2. The van der Waals surface area contributed by atoms with E-state index in [-0.39, 0.29) is 11.9 Å². The number of rotatable bonds is 4. The molecule has 2 aromatic rings. The van der Waals surface area contributed by atoms with Crippen molar-refractivity contribution >= 4 is 0 Å². The van der Waals surface area contributed by atoms with Gasteiger partial charge in [0.1, 0.15) is 5.82 Å². The fourth-order valence-electron chi connectivity index (χ4n) is 2.15. The largest absolute Gasteiger partial charge is 0.271 e. The Bertz CT molecular complexity index is 569. The van der Waals surface area contributed by atoms with Gasteiger partial charge in [0.05, 0.1) is 6.04 Å². The summed E-state index contributed by atoms with van der Waals surface area (Å²) in [5.41, 5.74) is 6.93. The molecule has 19 heavy (non-hydrogen) atoms. The molecule has 0 saturated carbocycles. The number of hydrazine groups is 1. The van der Waals surface area contributed by atoms with Crippen molar-refractivity contribution in [1.82, 2.24) is 10.4 Å². The first-order chi connectivity index (χ1) is 9.10. The van der Waals surface area contributed by atoms with E-state index in [1.807, 2.05) is 13.8 Å². The standard InChI is InChI=1S/C15H18FN3/c1-10-5-13(9-18-8-10)15(19-17)7-12-3-4-14(16)6-11(12)2/h3-6,8-9,15,19H,7,17H2,1-2H3. The minimum absolute atomic E-state index is 0.0310. The SMILES string of the molecule is Cc1cncc(C(Cc2ccc(F)cc2C)NN)c1. The molecule has 3 N–H and O–H groups in total. The highest BCUT2D eigenvalue weighted by atomic mass is 19.1. The van der Waals surface area contributed by atoms with Crippen LogP contribution in [0.15, 0.2) is 36.7 Å². The molecule has 100 valence electrons. The molecule has 0 fully saturated rings. The number of aryl methyl sites for hydroxylation is 2. The van der Waals surface area contributed by atoms with Gasteiger partial charge in [0.25, 0.3) is 0 Å². The molecule has 0 aliphatic rings. The van der Waals surface area contributed by atoms with Crippen LogP contribution in [0.3, 0.4) is 0 Å². The fourth-order valence-corrected chi connectivity index (χ4v) is 2.15. The van der Waals surface area contributed by atoms with Crippen LogP contribution < -0.4 is 11.3 Å². The lowest BCUT2D eigenvalue weighted by atomic mass is 9.97. The topological polar surface area (TPSA) is 50.9 Å². The van der Waals surface area contributed by atoms with Crippen molar-refractivity contribution < 1.29 is 4.39 Å². The van der Waals surface area contributed by atoms with Gasteiger partial charge in [-0.05, 0) is 54.7 Å². The number of aromatic nitrogens is 1. The molecule has 0 bridgehead atoms. The predicted octanol–water partition coefficient (Wildman–Crippen LogP) is 2.58. The molecule has 0 saturated heterocycles. The van der Waals surface area contributed by atoms with Crippen molar-refractivity contribution in [2.75, 3.05) is 0 Å². The molecule has 1 unspecified atom stereocenters. The van der Waals surface area contributed by atoms with E-state index in [4.69, 9.17) is 5.84 Å². The van der Waals surface area contributed by atoms with Gasteiger partial charge in [-0.2, -0.15) is 0 Å². The van der Waals surface area contributed by atoms with Gasteiger partial charge >= 0.3 is 0 Å². The average molecular weight is 259 g/mol. The summed E-state index contributed by atoms with van der Waals surface area (Å²) >= 11 is 0. The molecule has 0 spiro atoms. The number of hydrogen-bond acceptors (Lipinski definition) is 3. The number of nitrogens with zero attached hydrogens (tertiary/aromatic N) is 1. The number of pyridine rings is 1. The van der Waals surface area contributed by atoms with Crippen LogP contribution >= 0.6 is 0 Å². The Labute approximate surface area is 112 Å². The molecule has 0 aliphatic carbocycles. The highest BCUT2D eigenvalue weighted by Crippen LogP contribution is 2.20. The van der Waals surface area contributed by atoms with Gasteiger partial charge in [-0.3, -0.25) is 16.3 Å². The second kappa shape index (κ2) is 5.91. The van der Waals surface area contributed by atoms with Gasteiger partial charge in [-0.1, -0.05) is 12.1 Å². The van der Waals surface area contributed by atoms with Crippen LogP contribution in [0.4, 0.5) is 4.39 Å². The minimum Gasteiger partial charge on any atom is -0.271 e. The molecular weight excluding hydrogens is 241 g/mol. The van der Waals surface area contributed by atoms with Crippen molar-refractivity contribution in [3.8, 4) is 0 Å². The number of nitrogens with two attached hydrogens (primary N) is 1. The van der Waals surface area contributed by atoms with Gasteiger partial charge in [0.2, 0.25) is 0 Å². The minimum atomic E-state index is -0.212. The van der Waals surface area contributed by atoms with E-state index in [0.29, 0.717) is 6.42 Å². The smallest absolute Gasteiger partial charge is 0.123 e. The van der Waals surface area contributed by atoms with Crippen molar-refractivity contribution in [3.05, 3.63) is 64.7 Å². The summed E-state index contributed by atoms with van der Waals surface area (Å²) in [5, 5.41) is 0. The van der Waals surface area contributed by atoms with E-state index in [0.717, 1.165) is 22.3 Å². The monoisotopic (exact) mass is 259 g/mol. The number of nitrogens with one attached hydrogen (secondary N) is 1. The molecule has 1 aromatic heterocycles. The molecule has 1 atom stereocenters. The van der Waals surface area contributed by atoms with Crippen LogP contribution in [0.2, 0.25) is 0 Å². The third-order valence-corrected chi connectivity index (χ3v) is 3.23. The van der Waals surface area contributed by atoms with Crippen LogP contribution in [-0.4, -0.2) is 4.98 Å². The first-order valence-electron chi connectivity index (χ1n) is 6.23. The van der Waals surface area contributed by atoms with E-state index in [9.17, 15) is 4.39 Å². The highest BCUT2D eigenvalue weighted by Gasteiger charge is 2.12. The van der Waals surface area contributed by atoms with E-state index in [2.05, 4.69) is 16.5 Å². The first kappa shape index (κ1) is 13.6. The molecular formula is C15H18FN3. The lowest BCUT2D eigenvalue weighted by Crippen LogP contribution is -2.30. The molecule has 1 aromatic carbocycles. The lowest BCUT2D eigenvalue weighted by molar-refractivity contribution is 0.547. The van der Waals surface area contributed by atoms with Gasteiger partial charge < -0.3 is 0 Å². The molecule has 0 radical (unpaired) electrons. The normalized spacial score (nSPS) is 12.4. The maximum absolute atomic E-state index is 13.1. The van der Waals surface area contributed by atoms with Crippen LogP contribution in [0.25, 0.3) is 0 Å². The number of hydrogen-bond donors (Lipinski definition) is 2. The second-order valence-corrected chi connectivity index (χ2v) is 4.79. The maximum atomic E-state index is 13.1. The van der Waals surface area contributed by atoms with Crippen molar-refractivity contribution in [1.29, 1.82) is 0 Å². The van der Waals surface area contributed by atoms with Gasteiger partial charge in [-0.15, -0.1) is 0 Å². The van der Waals surface area contributed by atoms with Gasteiger partial charge in [0, 0.05) is 12.4 Å². The lowest BCUT2D eigenvalue weighted by Gasteiger charge is -2.17. The Balaban J connectivity index is 2.24. The maximum Gasteiger partial charge on any atom is 0.123 e. The van der Waals surface area contributed by atoms with E-state index >= 15 is 0 Å². The number of benzene rings is 1. The first-order valence-corrected chi connectivity index (χ1v) is 6.23. The molecule has 3 nitrogen and oxygen atoms in total. The Morgan fingerprint density at radius 1 is 1.26 bits per heavy atom. The van der Waals surface area contributed by atoms with Gasteiger partial charge in [-0.25, -0.2) is 4.39 Å². The third kappa shape index (κ3) is 3.36. The molecule has 2 rings (SSSR count). The number of halogens is 1. The third-order valence-electron chi connectivity index (χ3n) is 3.23. The van der Waals surface area contributed by atoms with Crippen LogP contribution in [0.1, 0.15) is 28.3 Å². The fraction of sp³-hybridized carbons (Fsp3) is 0.267. The van der Waals surface area contributed by atoms with Crippen molar-refractivity contribution in [2.45, 2.75) is 26.3 Å². The van der Waals surface area contributed by atoms with Crippen LogP contribution in [0.5, 0.6) is 0 Å². The summed E-state index contributed by atoms with van der Waals surface area (Å²) < 4.78 is 13.1. The van der Waals surface area contributed by atoms with Crippen molar-refractivity contribution in [3.63, 3.8) is 0 Å². The summed E-state index contributed by atoms with van der Waals surface area (Å²) in [6, 6.07) is 6.84. The van der Waals surface area contributed by atoms with Gasteiger partial charge in [0.15, 0.2) is 0 Å². The highest BCUT2D eigenvalue weighted by molar-refractivity contribution is 5.30. The Morgan fingerprint density at radius 2 is 2.05 bits per heavy atom. The van der Waals surface area contributed by atoms with Crippen LogP contribution in [0, 0.1) is 19.7 Å². The Hall–Kier alpha value is -1.78. The summed E-state index contributed by atoms with van der Waals surface area (Å²) in [4.78, 5) is 4.18. The molecule has 1 heterocycles. The summed E-state index contributed by atoms with van der Waals surface area (Å²) in [7, 11) is 0. The molecule has 0 amide bonds. The zero-order valence-electron chi connectivity index (χ0n) is 11.2. The quantitative estimate of drug-likeness (QED) is 0.655. The average Bonchev–Trinajstić information content (AvgIpc) is 2.38. The van der Waals surface area contributed by atoms with Crippen LogP contribution in [-0.2, 0) is 6.42 Å². The second-order valence-electron chi connectivity index (χ2n) is 4.79. The Kier molecular flexibility index (Phi) is 4.24. The summed E-state index contributed by atoms with van der Waals surface area (Å²) in [6.45, 7) is 3.90. The summed E-state index contributed by atoms with van der Waals surface area (Å²) in [6.07, 6.45) is 4.31. The van der Waals surface area contributed by atoms with E-state index in [1.165, 1.54) is 12.1 Å². The van der Waals surface area contributed by atoms with Crippen molar-refractivity contribution in [2.24, 2.45) is 5.84 Å². The predicted molar refractivity (Wildman–Crippen MR) is 73.9 cm³/mol. The summed E-state index contributed by atoms with van der Waals surface area (Å²) in [5.74, 6) is 5.42. The van der Waals surface area contributed by atoms with E-state index < -0.39 is 0 Å². The van der Waals surface area contributed by atoms with E-state index in [1.54, 1.807) is 18.5 Å². The Morgan fingerprint density at radius 3 is 2.68 bits per heavy atom. The molecule has 0 aliphatic heterocycles. The molecule has 4 heteroatoms. The zero-order chi connectivity index (χ0) is 13.8.